The van der Waals surface area contributed by atoms with Gasteiger partial charge in [-0.15, -0.1) is 0 Å². The van der Waals surface area contributed by atoms with E-state index in [0.29, 0.717) is 12.0 Å². The molecule has 9 heteroatoms. The lowest BCUT2D eigenvalue weighted by atomic mass is 9.94. The highest BCUT2D eigenvalue weighted by Gasteiger charge is 2.48. The summed E-state index contributed by atoms with van der Waals surface area (Å²) in [5.74, 6) is -1.31. The Morgan fingerprint density at radius 3 is 2.31 bits per heavy atom. The molecule has 2 N–H and O–H groups in total. The predicted octanol–water partition coefficient (Wildman–Crippen LogP) is 2.61. The smallest absolute Gasteiger partial charge is 0.257 e. The van der Waals surface area contributed by atoms with Gasteiger partial charge in [0.1, 0.15) is 6.04 Å². The van der Waals surface area contributed by atoms with Gasteiger partial charge in [0.15, 0.2) is 0 Å². The third kappa shape index (κ3) is 4.44. The molecule has 1 aliphatic heterocycles. The lowest BCUT2D eigenvalue weighted by molar-refractivity contribution is -0.123. The van der Waals surface area contributed by atoms with Gasteiger partial charge in [0.05, 0.1) is 17.0 Å². The molecular formula is C23H27N3O5S. The number of nitrogens with zero attached hydrogens (tertiary/aromatic N) is 2. The summed E-state index contributed by atoms with van der Waals surface area (Å²) in [4.78, 5) is 42.1. The molecule has 0 bridgehead atoms. The summed E-state index contributed by atoms with van der Waals surface area (Å²) >= 11 is 0. The van der Waals surface area contributed by atoms with Crippen LogP contribution >= 0.6 is 0 Å². The molecule has 3 amide bonds. The fraction of sp³-hybridized carbons (Fsp3) is 0.348. The van der Waals surface area contributed by atoms with E-state index >= 15 is 0 Å². The molecule has 0 aliphatic carbocycles. The lowest BCUT2D eigenvalue weighted by Crippen LogP contribution is -2.55. The molecule has 170 valence electrons. The summed E-state index contributed by atoms with van der Waals surface area (Å²) in [6.07, 6.45) is 0.419. The maximum absolute atomic E-state index is 13.5. The molecule has 2 aromatic carbocycles. The number of carbonyl (C=O) groups is 3. The van der Waals surface area contributed by atoms with Gasteiger partial charge < -0.3 is 4.90 Å². The average molecular weight is 458 g/mol. The summed E-state index contributed by atoms with van der Waals surface area (Å²) in [6, 6.07) is 11.3. The Hall–Kier alpha value is -3.04. The Balaban J connectivity index is 1.99. The minimum absolute atomic E-state index is 0.125. The van der Waals surface area contributed by atoms with Gasteiger partial charge in [0.2, 0.25) is 15.9 Å². The summed E-state index contributed by atoms with van der Waals surface area (Å²) in [5, 5.41) is 5.12. The molecule has 1 saturated heterocycles. The second-order valence-electron chi connectivity index (χ2n) is 8.54. The number of aryl methyl sites for hydroxylation is 1. The van der Waals surface area contributed by atoms with Gasteiger partial charge >= 0.3 is 0 Å². The first-order valence-corrected chi connectivity index (χ1v) is 11.8. The van der Waals surface area contributed by atoms with Crippen molar-refractivity contribution >= 4 is 33.4 Å². The van der Waals surface area contributed by atoms with Gasteiger partial charge in [-0.25, -0.2) is 18.5 Å². The second-order valence-corrected chi connectivity index (χ2v) is 10.1. The minimum Gasteiger partial charge on any atom is -0.321 e. The molecule has 3 rings (SSSR count). The Morgan fingerprint density at radius 2 is 1.78 bits per heavy atom. The molecule has 1 unspecified atom stereocenters. The zero-order valence-electron chi connectivity index (χ0n) is 18.5. The Kier molecular flexibility index (Phi) is 6.26. The Labute approximate surface area is 188 Å². The minimum atomic E-state index is -3.90. The van der Waals surface area contributed by atoms with Crippen molar-refractivity contribution in [2.24, 2.45) is 5.14 Å². The van der Waals surface area contributed by atoms with Crippen molar-refractivity contribution in [3.63, 3.8) is 0 Å². The van der Waals surface area contributed by atoms with Crippen molar-refractivity contribution in [2.45, 2.75) is 57.0 Å². The van der Waals surface area contributed by atoms with Crippen LogP contribution in [0, 0.1) is 6.92 Å². The SMILES string of the molecule is CCC(C)(C)N(C(=O)c1cccc(C)c1)C1CC(=O)N(c2ccc(S(N)(=O)=O)cc2)C1=O. The van der Waals surface area contributed by atoms with E-state index < -0.39 is 33.4 Å². The number of rotatable bonds is 6. The summed E-state index contributed by atoms with van der Waals surface area (Å²) in [5.41, 5.74) is 0.903. The third-order valence-corrected chi connectivity index (χ3v) is 6.79. The van der Waals surface area contributed by atoms with Crippen LogP contribution < -0.4 is 10.0 Å². The molecule has 0 aromatic heterocycles. The van der Waals surface area contributed by atoms with Crippen LogP contribution in [0.15, 0.2) is 53.4 Å². The van der Waals surface area contributed by atoms with Gasteiger partial charge in [-0.1, -0.05) is 24.6 Å². The molecule has 1 aliphatic rings. The number of imide groups is 1. The van der Waals surface area contributed by atoms with E-state index in [1.165, 1.54) is 29.2 Å². The van der Waals surface area contributed by atoms with Crippen molar-refractivity contribution < 1.29 is 22.8 Å². The summed E-state index contributed by atoms with van der Waals surface area (Å²) in [6.45, 7) is 7.52. The predicted molar refractivity (Wildman–Crippen MR) is 120 cm³/mol. The molecule has 1 heterocycles. The molecule has 1 atom stereocenters. The number of carbonyl (C=O) groups excluding carboxylic acids is 3. The van der Waals surface area contributed by atoms with E-state index in [1.54, 1.807) is 18.2 Å². The number of amides is 3. The zero-order valence-corrected chi connectivity index (χ0v) is 19.3. The lowest BCUT2D eigenvalue weighted by Gasteiger charge is -2.41. The zero-order chi connectivity index (χ0) is 23.8. The van der Waals surface area contributed by atoms with Gasteiger partial charge in [-0.2, -0.15) is 0 Å². The molecular weight excluding hydrogens is 430 g/mol. The van der Waals surface area contributed by atoms with Gasteiger partial charge in [-0.3, -0.25) is 14.4 Å². The van der Waals surface area contributed by atoms with E-state index in [-0.39, 0.29) is 22.9 Å². The first kappa shape index (κ1) is 23.6. The maximum Gasteiger partial charge on any atom is 0.257 e. The Bertz CT molecular complexity index is 1170. The fourth-order valence-corrected chi connectivity index (χ4v) is 4.32. The van der Waals surface area contributed by atoms with Crippen LogP contribution in [0.5, 0.6) is 0 Å². The van der Waals surface area contributed by atoms with Gasteiger partial charge in [0.25, 0.3) is 11.8 Å². The van der Waals surface area contributed by atoms with Crippen LogP contribution in [-0.2, 0) is 19.6 Å². The molecule has 1 fully saturated rings. The van der Waals surface area contributed by atoms with Crippen LogP contribution in [0.2, 0.25) is 0 Å². The quantitative estimate of drug-likeness (QED) is 0.669. The fourth-order valence-electron chi connectivity index (χ4n) is 3.80. The van der Waals surface area contributed by atoms with E-state index in [0.717, 1.165) is 10.5 Å². The van der Waals surface area contributed by atoms with E-state index in [2.05, 4.69) is 0 Å². The average Bonchev–Trinajstić information content (AvgIpc) is 3.01. The van der Waals surface area contributed by atoms with Crippen LogP contribution in [0.3, 0.4) is 0 Å². The summed E-state index contributed by atoms with van der Waals surface area (Å²) < 4.78 is 23.0. The monoisotopic (exact) mass is 457 g/mol. The van der Waals surface area contributed by atoms with E-state index in [9.17, 15) is 22.8 Å². The number of sulfonamides is 1. The molecule has 8 nitrogen and oxygen atoms in total. The van der Waals surface area contributed by atoms with E-state index in [1.807, 2.05) is 33.8 Å². The third-order valence-electron chi connectivity index (χ3n) is 5.86. The first-order chi connectivity index (χ1) is 14.9. The standard InChI is InChI=1S/C23H27N3O5S/c1-5-23(3,4)26(21(28)16-8-6-7-15(2)13-16)19-14-20(27)25(22(19)29)17-9-11-18(12-10-17)32(24,30)31/h6-13,19H,5,14H2,1-4H3,(H2,24,30,31). The van der Waals surface area contributed by atoms with Gasteiger partial charge in [0, 0.05) is 11.1 Å². The van der Waals surface area contributed by atoms with E-state index in [4.69, 9.17) is 5.14 Å². The van der Waals surface area contributed by atoms with Crippen molar-refractivity contribution in [1.29, 1.82) is 0 Å². The number of benzene rings is 2. The highest BCUT2D eigenvalue weighted by atomic mass is 32.2. The number of hydrogen-bond donors (Lipinski definition) is 1. The highest BCUT2D eigenvalue weighted by molar-refractivity contribution is 7.89. The number of primary sulfonamides is 1. The van der Waals surface area contributed by atoms with Crippen LogP contribution in [0.4, 0.5) is 5.69 Å². The van der Waals surface area contributed by atoms with Crippen molar-refractivity contribution in [3.8, 4) is 0 Å². The highest BCUT2D eigenvalue weighted by Crippen LogP contribution is 2.32. The number of nitrogens with two attached hydrogens (primary N) is 1. The largest absolute Gasteiger partial charge is 0.321 e. The summed E-state index contributed by atoms with van der Waals surface area (Å²) in [7, 11) is -3.90. The Morgan fingerprint density at radius 1 is 1.16 bits per heavy atom. The molecule has 0 radical (unpaired) electrons. The molecule has 2 aromatic rings. The molecule has 32 heavy (non-hydrogen) atoms. The number of hydrogen-bond acceptors (Lipinski definition) is 5. The van der Waals surface area contributed by atoms with Crippen molar-refractivity contribution in [1.82, 2.24) is 4.90 Å². The first-order valence-electron chi connectivity index (χ1n) is 10.3. The second kappa shape index (κ2) is 8.48. The topological polar surface area (TPSA) is 118 Å². The van der Waals surface area contributed by atoms with Crippen LogP contribution in [-0.4, -0.2) is 42.6 Å². The molecule has 0 spiro atoms. The molecule has 0 saturated carbocycles. The maximum atomic E-state index is 13.5. The van der Waals surface area contributed by atoms with Crippen LogP contribution in [0.25, 0.3) is 0 Å². The number of anilines is 1. The van der Waals surface area contributed by atoms with Crippen molar-refractivity contribution in [2.75, 3.05) is 4.90 Å². The van der Waals surface area contributed by atoms with Crippen LogP contribution in [0.1, 0.15) is 49.5 Å². The van der Waals surface area contributed by atoms with Crippen molar-refractivity contribution in [3.05, 3.63) is 59.7 Å². The normalized spacial score (nSPS) is 17.0. The van der Waals surface area contributed by atoms with Gasteiger partial charge in [-0.05, 0) is 63.6 Å².